The molecule has 0 saturated heterocycles. The normalized spacial score (nSPS) is 33.4. The van der Waals surface area contributed by atoms with E-state index in [-0.39, 0.29) is 17.4 Å². The van der Waals surface area contributed by atoms with Crippen molar-refractivity contribution in [2.24, 2.45) is 5.92 Å². The summed E-state index contributed by atoms with van der Waals surface area (Å²) in [6, 6.07) is 7.27. The van der Waals surface area contributed by atoms with E-state index in [9.17, 15) is 15.2 Å². The molecule has 1 fully saturated rings. The van der Waals surface area contributed by atoms with Crippen LogP contribution in [0.5, 0.6) is 5.75 Å². The van der Waals surface area contributed by atoms with Crippen molar-refractivity contribution in [3.63, 3.8) is 0 Å². The van der Waals surface area contributed by atoms with Crippen LogP contribution in [0.1, 0.15) is 30.9 Å². The van der Waals surface area contributed by atoms with E-state index in [4.69, 9.17) is 4.74 Å². The minimum atomic E-state index is -0.822. The molecule has 5 nitrogen and oxygen atoms in total. The highest BCUT2D eigenvalue weighted by atomic mass is 16.6. The second-order valence-electron chi connectivity index (χ2n) is 5.14. The standard InChI is InChI=1S/C13H15NO4/c15-12-9-4-1-2-6-11(9)18-13(8-14(16)17)7-3-5-10(12)13/h1-2,4,6,10,12,15H,3,5,7-8H2. The van der Waals surface area contributed by atoms with E-state index in [0.717, 1.165) is 18.4 Å². The summed E-state index contributed by atoms with van der Waals surface area (Å²) in [4.78, 5) is 10.5. The molecule has 0 amide bonds. The van der Waals surface area contributed by atoms with Gasteiger partial charge in [-0.05, 0) is 25.3 Å². The maximum Gasteiger partial charge on any atom is 0.243 e. The highest BCUT2D eigenvalue weighted by molar-refractivity contribution is 5.39. The molecule has 1 aromatic rings. The zero-order valence-corrected chi connectivity index (χ0v) is 9.91. The highest BCUT2D eigenvalue weighted by Crippen LogP contribution is 2.51. The van der Waals surface area contributed by atoms with Crippen molar-refractivity contribution in [1.29, 1.82) is 0 Å². The molecule has 5 heteroatoms. The number of nitro groups is 1. The summed E-state index contributed by atoms with van der Waals surface area (Å²) in [7, 11) is 0. The molecule has 1 N–H and O–H groups in total. The average molecular weight is 249 g/mol. The summed E-state index contributed by atoms with van der Waals surface area (Å²) in [5, 5.41) is 21.3. The summed E-state index contributed by atoms with van der Waals surface area (Å²) in [6.45, 7) is -0.233. The van der Waals surface area contributed by atoms with Gasteiger partial charge in [-0.25, -0.2) is 0 Å². The summed E-state index contributed by atoms with van der Waals surface area (Å²) in [6.07, 6.45) is 1.63. The van der Waals surface area contributed by atoms with Gasteiger partial charge in [0, 0.05) is 16.4 Å². The number of aliphatic hydroxyl groups excluding tert-OH is 1. The van der Waals surface area contributed by atoms with E-state index in [2.05, 4.69) is 0 Å². The molecule has 0 bridgehead atoms. The fourth-order valence-electron chi connectivity index (χ4n) is 3.34. The second-order valence-corrected chi connectivity index (χ2v) is 5.14. The predicted octanol–water partition coefficient (Wildman–Crippen LogP) is 1.93. The van der Waals surface area contributed by atoms with Crippen molar-refractivity contribution in [2.75, 3.05) is 6.54 Å². The van der Waals surface area contributed by atoms with E-state index >= 15 is 0 Å². The van der Waals surface area contributed by atoms with Crippen molar-refractivity contribution >= 4 is 0 Å². The minimum absolute atomic E-state index is 0.169. The molecule has 0 spiro atoms. The highest BCUT2D eigenvalue weighted by Gasteiger charge is 2.55. The monoisotopic (exact) mass is 249 g/mol. The Kier molecular flexibility index (Phi) is 2.52. The van der Waals surface area contributed by atoms with Gasteiger partial charge in [0.25, 0.3) is 0 Å². The summed E-state index contributed by atoms with van der Waals surface area (Å²) >= 11 is 0. The van der Waals surface area contributed by atoms with Crippen molar-refractivity contribution in [3.05, 3.63) is 39.9 Å². The Morgan fingerprint density at radius 1 is 1.50 bits per heavy atom. The quantitative estimate of drug-likeness (QED) is 0.642. The SMILES string of the molecule is O=[N+]([O-])CC12CCCC1C(O)c1ccccc1O2. The van der Waals surface area contributed by atoms with Crippen LogP contribution in [0.25, 0.3) is 0 Å². The molecule has 2 aliphatic rings. The van der Waals surface area contributed by atoms with Gasteiger partial charge in [-0.15, -0.1) is 0 Å². The number of fused-ring (bicyclic) bond motifs is 2. The van der Waals surface area contributed by atoms with E-state index < -0.39 is 11.7 Å². The number of nitrogens with zero attached hydrogens (tertiary/aromatic N) is 1. The van der Waals surface area contributed by atoms with Gasteiger partial charge in [-0.2, -0.15) is 0 Å². The number of benzene rings is 1. The molecule has 1 aromatic carbocycles. The molecule has 1 aliphatic heterocycles. The average Bonchev–Trinajstić information content (AvgIpc) is 2.72. The van der Waals surface area contributed by atoms with Gasteiger partial charge in [0.2, 0.25) is 6.54 Å². The van der Waals surface area contributed by atoms with Crippen LogP contribution in [0.2, 0.25) is 0 Å². The van der Waals surface area contributed by atoms with Gasteiger partial charge in [0.05, 0.1) is 6.10 Å². The van der Waals surface area contributed by atoms with E-state index in [1.807, 2.05) is 18.2 Å². The Bertz CT molecular complexity index is 490. The molecule has 3 unspecified atom stereocenters. The number of hydrogen-bond donors (Lipinski definition) is 1. The molecular formula is C13H15NO4. The van der Waals surface area contributed by atoms with Gasteiger partial charge >= 0.3 is 0 Å². The number of hydrogen-bond acceptors (Lipinski definition) is 4. The van der Waals surface area contributed by atoms with E-state index in [1.54, 1.807) is 6.07 Å². The topological polar surface area (TPSA) is 72.6 Å². The third-order valence-corrected chi connectivity index (χ3v) is 4.12. The largest absolute Gasteiger partial charge is 0.480 e. The van der Waals surface area contributed by atoms with Crippen LogP contribution in [-0.4, -0.2) is 22.2 Å². The fraction of sp³-hybridized carbons (Fsp3) is 0.538. The first kappa shape index (κ1) is 11.5. The summed E-state index contributed by atoms with van der Waals surface area (Å²) in [5.74, 6) is 0.419. The first-order valence-electron chi connectivity index (χ1n) is 6.20. The molecule has 3 atom stereocenters. The maximum atomic E-state index is 10.9. The zero-order chi connectivity index (χ0) is 12.8. The van der Waals surface area contributed by atoms with Crippen LogP contribution < -0.4 is 4.74 Å². The van der Waals surface area contributed by atoms with Crippen LogP contribution >= 0.6 is 0 Å². The van der Waals surface area contributed by atoms with Crippen LogP contribution in [0.15, 0.2) is 24.3 Å². The third-order valence-electron chi connectivity index (χ3n) is 4.12. The van der Waals surface area contributed by atoms with Gasteiger partial charge in [-0.3, -0.25) is 10.1 Å². The lowest BCUT2D eigenvalue weighted by Crippen LogP contribution is -2.50. The summed E-state index contributed by atoms with van der Waals surface area (Å²) in [5.41, 5.74) is -0.0690. The second kappa shape index (κ2) is 3.95. The first-order chi connectivity index (χ1) is 8.62. The van der Waals surface area contributed by atoms with E-state index in [1.165, 1.54) is 0 Å². The molecule has 0 radical (unpaired) electrons. The third kappa shape index (κ3) is 1.58. The smallest absolute Gasteiger partial charge is 0.243 e. The number of para-hydroxylation sites is 1. The Balaban J connectivity index is 2.03. The van der Waals surface area contributed by atoms with Crippen LogP contribution in [0.4, 0.5) is 0 Å². The Hall–Kier alpha value is -1.62. The first-order valence-corrected chi connectivity index (χ1v) is 6.20. The Morgan fingerprint density at radius 3 is 3.06 bits per heavy atom. The number of rotatable bonds is 2. The Morgan fingerprint density at radius 2 is 2.28 bits per heavy atom. The zero-order valence-electron chi connectivity index (χ0n) is 9.91. The molecule has 1 aliphatic carbocycles. The van der Waals surface area contributed by atoms with Crippen molar-refractivity contribution in [2.45, 2.75) is 31.0 Å². The Labute approximate surface area is 105 Å². The van der Waals surface area contributed by atoms with Gasteiger partial charge in [0.15, 0.2) is 5.60 Å². The molecule has 3 rings (SSSR count). The van der Waals surface area contributed by atoms with Crippen LogP contribution in [0, 0.1) is 16.0 Å². The molecule has 0 aromatic heterocycles. The van der Waals surface area contributed by atoms with Gasteiger partial charge in [0.1, 0.15) is 5.75 Å². The lowest BCUT2D eigenvalue weighted by atomic mass is 9.80. The molecule has 96 valence electrons. The van der Waals surface area contributed by atoms with Gasteiger partial charge < -0.3 is 9.84 Å². The lowest BCUT2D eigenvalue weighted by molar-refractivity contribution is -0.502. The van der Waals surface area contributed by atoms with Crippen LogP contribution in [-0.2, 0) is 0 Å². The molecular weight excluding hydrogens is 234 g/mol. The number of ether oxygens (including phenoxy) is 1. The minimum Gasteiger partial charge on any atom is -0.480 e. The van der Waals surface area contributed by atoms with Crippen molar-refractivity contribution in [3.8, 4) is 5.75 Å². The van der Waals surface area contributed by atoms with Crippen LogP contribution in [0.3, 0.4) is 0 Å². The molecule has 1 heterocycles. The molecule has 18 heavy (non-hydrogen) atoms. The molecule has 1 saturated carbocycles. The van der Waals surface area contributed by atoms with Crippen molar-refractivity contribution in [1.82, 2.24) is 0 Å². The van der Waals surface area contributed by atoms with E-state index in [0.29, 0.717) is 12.2 Å². The maximum absolute atomic E-state index is 10.9. The van der Waals surface area contributed by atoms with Gasteiger partial charge in [-0.1, -0.05) is 18.2 Å². The summed E-state index contributed by atoms with van der Waals surface area (Å²) < 4.78 is 5.92. The lowest BCUT2D eigenvalue weighted by Gasteiger charge is -2.40. The number of aliphatic hydroxyl groups is 1. The predicted molar refractivity (Wildman–Crippen MR) is 64.0 cm³/mol. The van der Waals surface area contributed by atoms with Crippen molar-refractivity contribution < 1.29 is 14.8 Å². The fourth-order valence-corrected chi connectivity index (χ4v) is 3.34.